The summed E-state index contributed by atoms with van der Waals surface area (Å²) < 4.78 is 12.2. The molecule has 0 aromatic heterocycles. The maximum atomic E-state index is 12.2. The molecule has 1 saturated carbocycles. The fourth-order valence-electron chi connectivity index (χ4n) is 3.14. The molecule has 3 aliphatic rings. The summed E-state index contributed by atoms with van der Waals surface area (Å²) >= 11 is 12.3. The van der Waals surface area contributed by atoms with Crippen LogP contribution < -0.4 is 0 Å². The van der Waals surface area contributed by atoms with Gasteiger partial charge in [0.25, 0.3) is 0 Å². The molecule has 0 spiro atoms. The van der Waals surface area contributed by atoms with Crippen molar-refractivity contribution >= 4 is 29.3 Å². The summed E-state index contributed by atoms with van der Waals surface area (Å²) in [6, 6.07) is 0.478. The zero-order valence-electron chi connectivity index (χ0n) is 8.40. The summed E-state index contributed by atoms with van der Waals surface area (Å²) in [5.41, 5.74) is 0.716. The van der Waals surface area contributed by atoms with Crippen LogP contribution in [0.5, 0.6) is 0 Å². The third-order valence-corrected chi connectivity index (χ3v) is 7.19. The molecule has 0 aromatic carbocycles. The van der Waals surface area contributed by atoms with Gasteiger partial charge in [0.2, 0.25) is 6.49 Å². The van der Waals surface area contributed by atoms with E-state index < -0.39 is 6.49 Å². The van der Waals surface area contributed by atoms with Crippen LogP contribution in [0.15, 0.2) is 11.5 Å². The molecule has 3 rings (SSSR count). The van der Waals surface area contributed by atoms with Gasteiger partial charge in [0.1, 0.15) is 5.50 Å². The third-order valence-electron chi connectivity index (χ3n) is 3.80. The second kappa shape index (κ2) is 3.42. The second-order valence-corrected chi connectivity index (χ2v) is 8.98. The first-order valence-electron chi connectivity index (χ1n) is 5.53. The van der Waals surface area contributed by atoms with Crippen molar-refractivity contribution in [2.45, 2.75) is 37.2 Å². The third kappa shape index (κ3) is 1.49. The van der Waals surface area contributed by atoms with Crippen molar-refractivity contribution in [1.82, 2.24) is 4.90 Å². The van der Waals surface area contributed by atoms with Gasteiger partial charge in [-0.25, -0.2) is 0 Å². The number of hydrogen-bond donors (Lipinski definition) is 0. The van der Waals surface area contributed by atoms with Gasteiger partial charge in [-0.1, -0.05) is 30.5 Å². The van der Waals surface area contributed by atoms with E-state index in [0.717, 1.165) is 5.44 Å². The molecule has 0 N–H and O–H groups in total. The van der Waals surface area contributed by atoms with Crippen LogP contribution in [-0.4, -0.2) is 22.6 Å². The summed E-state index contributed by atoms with van der Waals surface area (Å²) in [7, 11) is 0. The Morgan fingerprint density at radius 1 is 1.40 bits per heavy atom. The van der Waals surface area contributed by atoms with Crippen LogP contribution in [0, 0.1) is 5.92 Å². The van der Waals surface area contributed by atoms with Crippen molar-refractivity contribution in [3.63, 3.8) is 0 Å². The van der Waals surface area contributed by atoms with E-state index in [1.54, 1.807) is 0 Å². The highest BCUT2D eigenvalue weighted by Crippen LogP contribution is 2.69. The summed E-state index contributed by atoms with van der Waals surface area (Å²) in [6.45, 7) is -2.65. The monoisotopic (exact) mass is 265 g/mol. The van der Waals surface area contributed by atoms with Gasteiger partial charge in [0.05, 0.1) is 11.6 Å². The Hall–Kier alpha value is 0.350. The lowest BCUT2D eigenvalue weighted by molar-refractivity contribution is 0.198. The molecule has 0 radical (unpaired) electrons. The predicted molar refractivity (Wildman–Crippen MR) is 63.6 cm³/mol. The molecule has 15 heavy (non-hydrogen) atoms. The molecule has 4 atom stereocenters. The number of hydrogen-bond acceptors (Lipinski definition) is 2. The van der Waals surface area contributed by atoms with E-state index >= 15 is 0 Å². The molecule has 0 aromatic rings. The maximum Gasteiger partial charge on any atom is 0.215 e. The van der Waals surface area contributed by atoms with Crippen molar-refractivity contribution in [3.8, 4) is 0 Å². The Balaban J connectivity index is 1.99. The zero-order chi connectivity index (χ0) is 10.6. The predicted octanol–water partition coefficient (Wildman–Crippen LogP) is 3.80. The van der Waals surface area contributed by atoms with Gasteiger partial charge in [0, 0.05) is 6.04 Å². The van der Waals surface area contributed by atoms with Crippen LogP contribution in [0.3, 0.4) is 0 Å². The highest BCUT2D eigenvalue weighted by Gasteiger charge is 2.51. The molecule has 2 heterocycles. The fraction of sp³-hybridized carbons (Fsp3) is 0.800. The van der Waals surface area contributed by atoms with Crippen molar-refractivity contribution in [3.05, 3.63) is 11.5 Å². The lowest BCUT2D eigenvalue weighted by Crippen LogP contribution is -2.38. The smallest absolute Gasteiger partial charge is 0.215 e. The molecule has 2 nitrogen and oxygen atoms in total. The molecule has 4 unspecified atom stereocenters. The van der Waals surface area contributed by atoms with Crippen LogP contribution in [0.4, 0.5) is 0 Å². The zero-order valence-corrected chi connectivity index (χ0v) is 10.8. The molecule has 2 fully saturated rings. The molecule has 0 bridgehead atoms. The van der Waals surface area contributed by atoms with Gasteiger partial charge in [-0.15, -0.1) is 0 Å². The second-order valence-electron chi connectivity index (χ2n) is 4.72. The number of fused-ring (bicyclic) bond motifs is 3. The molecule has 1 saturated heterocycles. The highest BCUT2D eigenvalue weighted by molar-refractivity contribution is 7.92. The normalized spacial score (nSPS) is 48.8. The first kappa shape index (κ1) is 10.5. The number of halogens is 2. The van der Waals surface area contributed by atoms with Crippen LogP contribution in [0.25, 0.3) is 0 Å². The van der Waals surface area contributed by atoms with Crippen LogP contribution in [0.1, 0.15) is 25.7 Å². The molecule has 0 amide bonds. The van der Waals surface area contributed by atoms with Gasteiger partial charge in [-0.2, -0.15) is 0 Å². The Morgan fingerprint density at radius 3 is 2.93 bits per heavy atom. The summed E-state index contributed by atoms with van der Waals surface area (Å²) in [4.78, 5) is 2.14. The van der Waals surface area contributed by atoms with Crippen LogP contribution in [-0.2, 0) is 4.57 Å². The van der Waals surface area contributed by atoms with Crippen molar-refractivity contribution in [2.75, 3.05) is 6.16 Å². The van der Waals surface area contributed by atoms with Gasteiger partial charge in [-0.3, -0.25) is 4.57 Å². The molecule has 2 aliphatic heterocycles. The SMILES string of the molecule is O=P1(Cl)CC(Cl)N2C1=CC1CCCCC12. The Kier molecular flexibility index (Phi) is 2.39. The average Bonchev–Trinajstić information content (AvgIpc) is 2.64. The average molecular weight is 266 g/mol. The van der Waals surface area contributed by atoms with E-state index in [-0.39, 0.29) is 5.50 Å². The van der Waals surface area contributed by atoms with E-state index in [0.29, 0.717) is 18.1 Å². The number of alkyl halides is 1. The van der Waals surface area contributed by atoms with Crippen molar-refractivity contribution in [2.24, 2.45) is 5.92 Å². The number of nitrogens with zero attached hydrogens (tertiary/aromatic N) is 1. The topological polar surface area (TPSA) is 20.3 Å². The van der Waals surface area contributed by atoms with Crippen LogP contribution in [0.2, 0.25) is 0 Å². The number of rotatable bonds is 0. The Morgan fingerprint density at radius 2 is 2.13 bits per heavy atom. The molecule has 5 heteroatoms. The minimum Gasteiger partial charge on any atom is -0.348 e. The first-order chi connectivity index (χ1) is 7.09. The van der Waals surface area contributed by atoms with Crippen molar-refractivity contribution in [1.29, 1.82) is 0 Å². The van der Waals surface area contributed by atoms with Crippen LogP contribution >= 0.6 is 29.3 Å². The largest absolute Gasteiger partial charge is 0.348 e. The minimum atomic E-state index is -2.65. The lowest BCUT2D eigenvalue weighted by atomic mass is 9.86. The molecular weight excluding hydrogens is 252 g/mol. The maximum absolute atomic E-state index is 12.2. The first-order valence-corrected chi connectivity index (χ1v) is 8.76. The van der Waals surface area contributed by atoms with Gasteiger partial charge >= 0.3 is 0 Å². The summed E-state index contributed by atoms with van der Waals surface area (Å²) in [6.07, 6.45) is 7.48. The lowest BCUT2D eigenvalue weighted by Gasteiger charge is -2.34. The van der Waals surface area contributed by atoms with Gasteiger partial charge < -0.3 is 4.90 Å². The Bertz CT molecular complexity index is 370. The van der Waals surface area contributed by atoms with Gasteiger partial charge in [-0.05, 0) is 30.0 Å². The minimum absolute atomic E-state index is 0.146. The van der Waals surface area contributed by atoms with E-state index in [1.165, 1.54) is 25.7 Å². The highest BCUT2D eigenvalue weighted by atomic mass is 35.7. The van der Waals surface area contributed by atoms with Crippen molar-refractivity contribution < 1.29 is 4.57 Å². The summed E-state index contributed by atoms with van der Waals surface area (Å²) in [5.74, 6) is 0.544. The molecule has 1 aliphatic carbocycles. The Labute approximate surface area is 99.8 Å². The van der Waals surface area contributed by atoms with E-state index in [2.05, 4.69) is 11.0 Å². The summed E-state index contributed by atoms with van der Waals surface area (Å²) in [5, 5.41) is 0. The van der Waals surface area contributed by atoms with Gasteiger partial charge in [0.15, 0.2) is 0 Å². The van der Waals surface area contributed by atoms with E-state index in [4.69, 9.17) is 22.8 Å². The van der Waals surface area contributed by atoms with E-state index in [9.17, 15) is 4.57 Å². The standard InChI is InChI=1S/C10H14Cl2NOP/c11-9-6-15(12,14)10-5-7-3-1-2-4-8(7)13(9)10/h5,7-9H,1-4,6H2. The van der Waals surface area contributed by atoms with E-state index in [1.807, 2.05) is 0 Å². The molecular formula is C10H14Cl2NOP. The fourth-order valence-corrected chi connectivity index (χ4v) is 6.87. The molecule has 84 valence electrons. The quantitative estimate of drug-likeness (QED) is 0.377.